The van der Waals surface area contributed by atoms with E-state index in [4.69, 9.17) is 37.9 Å². The van der Waals surface area contributed by atoms with Gasteiger partial charge in [-0.2, -0.15) is 0 Å². The summed E-state index contributed by atoms with van der Waals surface area (Å²) in [5, 5.41) is 0. The molecule has 0 aliphatic heterocycles. The first-order valence-electron chi connectivity index (χ1n) is 10.6. The van der Waals surface area contributed by atoms with Crippen LogP contribution in [0.5, 0.6) is 0 Å². The molecule has 30 heavy (non-hydrogen) atoms. The lowest BCUT2D eigenvalue weighted by atomic mass is 10.3. The van der Waals surface area contributed by atoms with Crippen LogP contribution in [0, 0.1) is 0 Å². The minimum absolute atomic E-state index is 0.114. The molecule has 0 aliphatic carbocycles. The Bertz CT molecular complexity index is 348. The Balaban J connectivity index is 3.03. The smallest absolute Gasteiger partial charge is 0.305 e. The summed E-state index contributed by atoms with van der Waals surface area (Å²) in [6.07, 6.45) is 1.23. The van der Waals surface area contributed by atoms with Crippen molar-refractivity contribution in [2.75, 3.05) is 106 Å². The van der Waals surface area contributed by atoms with Crippen molar-refractivity contribution >= 4 is 5.97 Å². The maximum absolute atomic E-state index is 11.8. The number of halogens is 1. The van der Waals surface area contributed by atoms with Gasteiger partial charge in [0.25, 0.3) is 0 Å². The predicted octanol–water partition coefficient (Wildman–Crippen LogP) is 1.42. The van der Waals surface area contributed by atoms with Gasteiger partial charge in [-0.25, -0.2) is 4.39 Å². The molecule has 0 amide bonds. The van der Waals surface area contributed by atoms with E-state index < -0.39 is 6.67 Å². The summed E-state index contributed by atoms with van der Waals surface area (Å²) in [5.74, 6) is -0.189. The zero-order valence-electron chi connectivity index (χ0n) is 18.3. The molecule has 0 radical (unpaired) electrons. The molecule has 0 unspecified atom stereocenters. The van der Waals surface area contributed by atoms with Crippen LogP contribution in [-0.2, 0) is 42.7 Å². The molecule has 180 valence electrons. The number of carbonyl (C=O) groups is 1. The summed E-state index contributed by atoms with van der Waals surface area (Å²) in [6, 6.07) is 0. The molecule has 0 saturated heterocycles. The van der Waals surface area contributed by atoms with Crippen LogP contribution in [0.2, 0.25) is 0 Å². The van der Waals surface area contributed by atoms with Crippen molar-refractivity contribution in [2.24, 2.45) is 0 Å². The largest absolute Gasteiger partial charge is 0.463 e. The Morgan fingerprint density at radius 2 is 0.833 bits per heavy atom. The van der Waals surface area contributed by atoms with Gasteiger partial charge >= 0.3 is 5.97 Å². The van der Waals surface area contributed by atoms with Gasteiger partial charge in [-0.1, -0.05) is 6.92 Å². The molecular weight excluding hydrogens is 403 g/mol. The molecule has 0 aromatic heterocycles. The van der Waals surface area contributed by atoms with Crippen molar-refractivity contribution in [3.63, 3.8) is 0 Å². The summed E-state index contributed by atoms with van der Waals surface area (Å²) in [4.78, 5) is 11.1. The number of esters is 1. The molecular formula is C20H39FO9. The molecule has 10 heteroatoms. The first-order chi connectivity index (χ1) is 14.8. The molecule has 0 fully saturated rings. The topological polar surface area (TPSA) is 90.9 Å². The molecule has 0 heterocycles. The van der Waals surface area contributed by atoms with E-state index in [1.165, 1.54) is 0 Å². The van der Waals surface area contributed by atoms with Crippen molar-refractivity contribution in [3.05, 3.63) is 0 Å². The Morgan fingerprint density at radius 1 is 0.533 bits per heavy atom. The van der Waals surface area contributed by atoms with Crippen LogP contribution >= 0.6 is 0 Å². The van der Waals surface area contributed by atoms with E-state index in [0.29, 0.717) is 92.3 Å². The zero-order chi connectivity index (χ0) is 22.0. The van der Waals surface area contributed by atoms with Gasteiger partial charge < -0.3 is 37.9 Å². The van der Waals surface area contributed by atoms with E-state index >= 15 is 0 Å². The highest BCUT2D eigenvalue weighted by Crippen LogP contribution is 1.91. The molecule has 0 atom stereocenters. The normalized spacial score (nSPS) is 11.1. The highest BCUT2D eigenvalue weighted by atomic mass is 19.1. The fourth-order valence-electron chi connectivity index (χ4n) is 1.97. The van der Waals surface area contributed by atoms with E-state index in [0.717, 1.165) is 6.42 Å². The summed E-state index contributed by atoms with van der Waals surface area (Å²) in [5.41, 5.74) is 0. The first-order valence-corrected chi connectivity index (χ1v) is 10.6. The molecule has 0 aromatic carbocycles. The maximum Gasteiger partial charge on any atom is 0.305 e. The number of carbonyl (C=O) groups excluding carboxylic acids is 1. The quantitative estimate of drug-likeness (QED) is 0.154. The van der Waals surface area contributed by atoms with Crippen molar-refractivity contribution in [1.82, 2.24) is 0 Å². The maximum atomic E-state index is 11.8. The van der Waals surface area contributed by atoms with Crippen molar-refractivity contribution < 1.29 is 47.1 Å². The number of alkyl halides is 1. The minimum Gasteiger partial charge on any atom is -0.463 e. The van der Waals surface area contributed by atoms with Gasteiger partial charge in [0.2, 0.25) is 0 Å². The Morgan fingerprint density at radius 3 is 1.13 bits per heavy atom. The monoisotopic (exact) mass is 442 g/mol. The Labute approximate surface area is 179 Å². The van der Waals surface area contributed by atoms with E-state index in [1.54, 1.807) is 0 Å². The lowest BCUT2D eigenvalue weighted by Crippen LogP contribution is -2.15. The van der Waals surface area contributed by atoms with Gasteiger partial charge in [-0.05, 0) is 6.42 Å². The van der Waals surface area contributed by atoms with Gasteiger partial charge in [0.1, 0.15) is 13.3 Å². The van der Waals surface area contributed by atoms with Crippen molar-refractivity contribution in [1.29, 1.82) is 0 Å². The van der Waals surface area contributed by atoms with E-state index in [1.807, 2.05) is 6.92 Å². The van der Waals surface area contributed by atoms with Crippen molar-refractivity contribution in [2.45, 2.75) is 19.8 Å². The number of rotatable bonds is 25. The highest BCUT2D eigenvalue weighted by Gasteiger charge is 1.99. The second-order valence-electron chi connectivity index (χ2n) is 5.95. The molecule has 0 aliphatic rings. The number of hydrogen-bond acceptors (Lipinski definition) is 9. The lowest BCUT2D eigenvalue weighted by Gasteiger charge is -2.08. The van der Waals surface area contributed by atoms with Crippen LogP contribution in [0.1, 0.15) is 19.8 Å². The van der Waals surface area contributed by atoms with Gasteiger partial charge in [0.15, 0.2) is 0 Å². The van der Waals surface area contributed by atoms with Gasteiger partial charge in [-0.3, -0.25) is 4.79 Å². The van der Waals surface area contributed by atoms with E-state index in [-0.39, 0.29) is 19.2 Å². The van der Waals surface area contributed by atoms with Crippen LogP contribution in [0.15, 0.2) is 0 Å². The molecule has 0 N–H and O–H groups in total. The third-order valence-electron chi connectivity index (χ3n) is 3.40. The molecule has 0 aromatic rings. The van der Waals surface area contributed by atoms with Crippen LogP contribution in [0.4, 0.5) is 4.39 Å². The second-order valence-corrected chi connectivity index (χ2v) is 5.95. The average molecular weight is 443 g/mol. The standard InChI is InChI=1S/C20H39FO9/c1-2-3-20(22)30-19-18-29-17-16-28-15-14-27-13-12-26-11-10-25-9-8-24-7-6-23-5-4-21/h2-19H2,1H3. The molecule has 9 nitrogen and oxygen atoms in total. The van der Waals surface area contributed by atoms with Crippen LogP contribution < -0.4 is 0 Å². The molecule has 0 saturated carbocycles. The van der Waals surface area contributed by atoms with Crippen molar-refractivity contribution in [3.8, 4) is 0 Å². The summed E-state index contributed by atoms with van der Waals surface area (Å²) >= 11 is 0. The predicted molar refractivity (Wildman–Crippen MR) is 108 cm³/mol. The van der Waals surface area contributed by atoms with Crippen LogP contribution in [0.25, 0.3) is 0 Å². The molecule has 0 spiro atoms. The van der Waals surface area contributed by atoms with Crippen LogP contribution in [-0.4, -0.2) is 112 Å². The van der Waals surface area contributed by atoms with Crippen LogP contribution in [0.3, 0.4) is 0 Å². The number of ether oxygens (including phenoxy) is 8. The molecule has 0 bridgehead atoms. The van der Waals surface area contributed by atoms with Gasteiger partial charge in [-0.15, -0.1) is 0 Å². The lowest BCUT2D eigenvalue weighted by molar-refractivity contribution is -0.145. The fraction of sp³-hybridized carbons (Fsp3) is 0.950. The highest BCUT2D eigenvalue weighted by molar-refractivity contribution is 5.69. The Hall–Kier alpha value is -0.880. The third kappa shape index (κ3) is 25.2. The van der Waals surface area contributed by atoms with E-state index in [2.05, 4.69) is 0 Å². The SMILES string of the molecule is CCCC(=O)OCCOCCOCCOCCOCCOCCOCCOCCF. The minimum atomic E-state index is -0.473. The fourth-order valence-corrected chi connectivity index (χ4v) is 1.97. The van der Waals surface area contributed by atoms with E-state index in [9.17, 15) is 9.18 Å². The molecule has 0 rings (SSSR count). The third-order valence-corrected chi connectivity index (χ3v) is 3.40. The average Bonchev–Trinajstić information content (AvgIpc) is 2.74. The zero-order valence-corrected chi connectivity index (χ0v) is 18.3. The second kappa shape index (κ2) is 26.2. The first kappa shape index (κ1) is 29.1. The number of hydrogen-bond donors (Lipinski definition) is 0. The summed E-state index contributed by atoms with van der Waals surface area (Å²) < 4.78 is 53.7. The summed E-state index contributed by atoms with van der Waals surface area (Å²) in [7, 11) is 0. The van der Waals surface area contributed by atoms with Gasteiger partial charge in [0, 0.05) is 6.42 Å². The Kier molecular flexibility index (Phi) is 25.4. The summed E-state index contributed by atoms with van der Waals surface area (Å²) in [6.45, 7) is 7.85. The van der Waals surface area contributed by atoms with Gasteiger partial charge in [0.05, 0.1) is 92.5 Å².